The number of anilines is 2. The van der Waals surface area contributed by atoms with Crippen LogP contribution in [0.3, 0.4) is 0 Å². The summed E-state index contributed by atoms with van der Waals surface area (Å²) in [4.78, 5) is 12.4. The molecule has 152 valence electrons. The zero-order chi connectivity index (χ0) is 21.0. The third kappa shape index (κ3) is 5.75. The molecule has 29 heavy (non-hydrogen) atoms. The van der Waals surface area contributed by atoms with Crippen LogP contribution in [-0.4, -0.2) is 34.3 Å². The van der Waals surface area contributed by atoms with E-state index < -0.39 is 10.0 Å². The van der Waals surface area contributed by atoms with Crippen molar-refractivity contribution < 1.29 is 13.2 Å². The molecule has 0 bridgehead atoms. The molecule has 0 saturated carbocycles. The highest BCUT2D eigenvalue weighted by molar-refractivity contribution is 9.10. The molecule has 1 amide bonds. The van der Waals surface area contributed by atoms with Crippen molar-refractivity contribution in [3.05, 3.63) is 58.4 Å². The van der Waals surface area contributed by atoms with Crippen LogP contribution in [0.4, 0.5) is 11.5 Å². The summed E-state index contributed by atoms with van der Waals surface area (Å²) in [5.41, 5.74) is 0.480. The standard InChI is InChI=1S/C17H16BrClN6O3S/c1-11(9-25-10-12(18)8-20-25)17(26)21-13-2-4-14(5-3-13)29(27,28)24-16-7-6-15(19)22-23-16/h2-8,10-11H,9H2,1H3,(H,21,26)(H,23,24). The minimum atomic E-state index is -3.85. The highest BCUT2D eigenvalue weighted by Crippen LogP contribution is 2.18. The van der Waals surface area contributed by atoms with Gasteiger partial charge in [-0.25, -0.2) is 8.42 Å². The fourth-order valence-electron chi connectivity index (χ4n) is 2.35. The second-order valence-electron chi connectivity index (χ2n) is 6.14. The van der Waals surface area contributed by atoms with Crippen molar-refractivity contribution in [2.24, 2.45) is 5.92 Å². The summed E-state index contributed by atoms with van der Waals surface area (Å²) in [5, 5.41) is 14.3. The molecule has 3 aromatic rings. The fourth-order valence-corrected chi connectivity index (χ4v) is 3.78. The molecule has 1 aromatic carbocycles. The van der Waals surface area contributed by atoms with E-state index >= 15 is 0 Å². The van der Waals surface area contributed by atoms with E-state index in [9.17, 15) is 13.2 Å². The van der Waals surface area contributed by atoms with Crippen molar-refractivity contribution >= 4 is 55.0 Å². The first kappa shape index (κ1) is 21.2. The van der Waals surface area contributed by atoms with E-state index in [4.69, 9.17) is 11.6 Å². The van der Waals surface area contributed by atoms with Crippen LogP contribution in [0.5, 0.6) is 0 Å². The molecule has 2 aromatic heterocycles. The summed E-state index contributed by atoms with van der Waals surface area (Å²) in [6.45, 7) is 2.19. The number of carbonyl (C=O) groups is 1. The van der Waals surface area contributed by atoms with Gasteiger partial charge in [0.2, 0.25) is 5.91 Å². The van der Waals surface area contributed by atoms with Crippen molar-refractivity contribution in [1.29, 1.82) is 0 Å². The maximum absolute atomic E-state index is 12.4. The topological polar surface area (TPSA) is 119 Å². The molecule has 12 heteroatoms. The Kier molecular flexibility index (Phi) is 6.50. The summed E-state index contributed by atoms with van der Waals surface area (Å²) >= 11 is 8.94. The summed E-state index contributed by atoms with van der Waals surface area (Å²) in [6, 6.07) is 8.62. The Balaban J connectivity index is 1.62. The number of nitrogens with zero attached hydrogens (tertiary/aromatic N) is 4. The molecular weight excluding hydrogens is 484 g/mol. The summed E-state index contributed by atoms with van der Waals surface area (Å²) in [5.74, 6) is -0.497. The highest BCUT2D eigenvalue weighted by Gasteiger charge is 2.17. The number of carbonyl (C=O) groups excluding carboxylic acids is 1. The highest BCUT2D eigenvalue weighted by atomic mass is 79.9. The molecule has 0 aliphatic carbocycles. The van der Waals surface area contributed by atoms with Crippen molar-refractivity contribution in [2.45, 2.75) is 18.4 Å². The van der Waals surface area contributed by atoms with Gasteiger partial charge in [-0.05, 0) is 52.3 Å². The molecular formula is C17H16BrClN6O3S. The van der Waals surface area contributed by atoms with Crippen LogP contribution in [0.2, 0.25) is 5.15 Å². The van der Waals surface area contributed by atoms with Crippen LogP contribution < -0.4 is 10.0 Å². The van der Waals surface area contributed by atoms with Gasteiger partial charge in [-0.2, -0.15) is 5.10 Å². The number of nitrogens with one attached hydrogen (secondary N) is 2. The first-order chi connectivity index (χ1) is 13.7. The van der Waals surface area contributed by atoms with Crippen molar-refractivity contribution in [3.8, 4) is 0 Å². The molecule has 0 fully saturated rings. The molecule has 1 unspecified atom stereocenters. The van der Waals surface area contributed by atoms with Crippen molar-refractivity contribution in [3.63, 3.8) is 0 Å². The number of hydrogen-bond acceptors (Lipinski definition) is 6. The predicted octanol–water partition coefficient (Wildman–Crippen LogP) is 3.16. The molecule has 0 radical (unpaired) electrons. The van der Waals surface area contributed by atoms with E-state index in [1.165, 1.54) is 36.4 Å². The maximum Gasteiger partial charge on any atom is 0.263 e. The van der Waals surface area contributed by atoms with Gasteiger partial charge in [0.25, 0.3) is 10.0 Å². The van der Waals surface area contributed by atoms with E-state index in [-0.39, 0.29) is 27.7 Å². The minimum Gasteiger partial charge on any atom is -0.326 e. The third-order valence-electron chi connectivity index (χ3n) is 3.81. The van der Waals surface area contributed by atoms with Gasteiger partial charge in [0, 0.05) is 11.9 Å². The lowest BCUT2D eigenvalue weighted by Crippen LogP contribution is -2.24. The van der Waals surface area contributed by atoms with Gasteiger partial charge in [-0.1, -0.05) is 18.5 Å². The zero-order valence-corrected chi connectivity index (χ0v) is 18.2. The van der Waals surface area contributed by atoms with E-state index in [0.717, 1.165) is 4.47 Å². The normalized spacial score (nSPS) is 12.4. The van der Waals surface area contributed by atoms with Crippen LogP contribution in [-0.2, 0) is 21.4 Å². The molecule has 0 aliphatic rings. The number of hydrogen-bond donors (Lipinski definition) is 2. The molecule has 0 spiro atoms. The summed E-state index contributed by atoms with van der Waals surface area (Å²) < 4.78 is 29.6. The average Bonchev–Trinajstić information content (AvgIpc) is 3.08. The quantitative estimate of drug-likeness (QED) is 0.515. The predicted molar refractivity (Wildman–Crippen MR) is 112 cm³/mol. The van der Waals surface area contributed by atoms with Gasteiger partial charge in [0.1, 0.15) is 0 Å². The molecule has 9 nitrogen and oxygen atoms in total. The second-order valence-corrected chi connectivity index (χ2v) is 9.13. The lowest BCUT2D eigenvalue weighted by molar-refractivity contribution is -0.119. The monoisotopic (exact) mass is 498 g/mol. The Morgan fingerprint density at radius 2 is 1.93 bits per heavy atom. The van der Waals surface area contributed by atoms with E-state index in [1.807, 2.05) is 0 Å². The average molecular weight is 500 g/mol. The molecule has 3 rings (SSSR count). The number of aromatic nitrogens is 4. The van der Waals surface area contributed by atoms with Crippen LogP contribution >= 0.6 is 27.5 Å². The van der Waals surface area contributed by atoms with E-state index in [1.54, 1.807) is 24.0 Å². The van der Waals surface area contributed by atoms with Gasteiger partial charge in [0.15, 0.2) is 11.0 Å². The third-order valence-corrected chi connectivity index (χ3v) is 5.80. The fraction of sp³-hybridized carbons (Fsp3) is 0.176. The Hall–Kier alpha value is -2.50. The maximum atomic E-state index is 12.4. The molecule has 0 aliphatic heterocycles. The van der Waals surface area contributed by atoms with E-state index in [0.29, 0.717) is 12.2 Å². The lowest BCUT2D eigenvalue weighted by Gasteiger charge is -2.13. The number of sulfonamides is 1. The molecule has 0 saturated heterocycles. The lowest BCUT2D eigenvalue weighted by atomic mass is 10.1. The van der Waals surface area contributed by atoms with Gasteiger partial charge < -0.3 is 5.32 Å². The summed E-state index contributed by atoms with van der Waals surface area (Å²) in [7, 11) is -3.85. The first-order valence-corrected chi connectivity index (χ1v) is 11.0. The zero-order valence-electron chi connectivity index (χ0n) is 15.1. The Morgan fingerprint density at radius 3 is 2.52 bits per heavy atom. The van der Waals surface area contributed by atoms with Gasteiger partial charge >= 0.3 is 0 Å². The van der Waals surface area contributed by atoms with Crippen LogP contribution in [0.15, 0.2) is 58.2 Å². The van der Waals surface area contributed by atoms with Crippen molar-refractivity contribution in [1.82, 2.24) is 20.0 Å². The van der Waals surface area contributed by atoms with Crippen LogP contribution in [0.1, 0.15) is 6.92 Å². The molecule has 2 heterocycles. The number of amides is 1. The molecule has 2 N–H and O–H groups in total. The van der Waals surface area contributed by atoms with Crippen LogP contribution in [0, 0.1) is 5.92 Å². The Labute approximate surface area is 180 Å². The number of benzene rings is 1. The summed E-state index contributed by atoms with van der Waals surface area (Å²) in [6.07, 6.45) is 3.43. The van der Waals surface area contributed by atoms with Crippen molar-refractivity contribution in [2.75, 3.05) is 10.0 Å². The second kappa shape index (κ2) is 8.89. The Bertz CT molecular complexity index is 1100. The largest absolute Gasteiger partial charge is 0.326 e. The number of rotatable bonds is 7. The minimum absolute atomic E-state index is 0.0155. The SMILES string of the molecule is CC(Cn1cc(Br)cn1)C(=O)Nc1ccc(S(=O)(=O)Nc2ccc(Cl)nn2)cc1. The molecule has 1 atom stereocenters. The first-order valence-electron chi connectivity index (χ1n) is 8.34. The Morgan fingerprint density at radius 1 is 1.21 bits per heavy atom. The van der Waals surface area contributed by atoms with Crippen LogP contribution in [0.25, 0.3) is 0 Å². The van der Waals surface area contributed by atoms with Gasteiger partial charge in [0.05, 0.1) is 28.0 Å². The van der Waals surface area contributed by atoms with Gasteiger partial charge in [-0.3, -0.25) is 14.2 Å². The van der Waals surface area contributed by atoms with Gasteiger partial charge in [-0.15, -0.1) is 10.2 Å². The van der Waals surface area contributed by atoms with E-state index in [2.05, 4.69) is 41.3 Å². The number of halogens is 2. The smallest absolute Gasteiger partial charge is 0.263 e.